The van der Waals surface area contributed by atoms with Crippen LogP contribution in [0.15, 0.2) is 0 Å². The number of ether oxygens (including phenoxy) is 3. The minimum absolute atomic E-state index is 0.129. The Hall–Kier alpha value is -3.55. The van der Waals surface area contributed by atoms with E-state index in [0.717, 1.165) is 0 Å². The maximum absolute atomic E-state index is 13.5. The van der Waals surface area contributed by atoms with Crippen molar-refractivity contribution in [1.29, 1.82) is 0 Å². The molecule has 3 amide bonds. The Morgan fingerprint density at radius 3 is 1.98 bits per heavy atom. The third kappa shape index (κ3) is 13.5. The number of aliphatic hydroxyl groups is 2. The van der Waals surface area contributed by atoms with Crippen LogP contribution < -0.4 is 10.6 Å². The molecule has 246 valence electrons. The molecule has 0 saturated carbocycles. The number of amides is 3. The molecule has 43 heavy (non-hydrogen) atoms. The monoisotopic (exact) mass is 613 g/mol. The van der Waals surface area contributed by atoms with Crippen molar-refractivity contribution in [3.8, 4) is 0 Å². The molecular weight excluding hydrogens is 562 g/mol. The highest BCUT2D eigenvalue weighted by molar-refractivity contribution is 6.08. The molecule has 0 aliphatic rings. The Bertz CT molecular complexity index is 1080. The molecule has 0 aliphatic carbocycles. The second-order valence-electron chi connectivity index (χ2n) is 8.95. The van der Waals surface area contributed by atoms with E-state index in [4.69, 9.17) is 14.2 Å². The smallest absolute Gasteiger partial charge is 0.303 e. The van der Waals surface area contributed by atoms with Gasteiger partial charge in [-0.15, -0.1) is 0 Å². The number of esters is 2. The fourth-order valence-corrected chi connectivity index (χ4v) is 4.08. The third-order valence-electron chi connectivity index (χ3n) is 5.78. The van der Waals surface area contributed by atoms with Crippen molar-refractivity contribution in [2.24, 2.45) is 0 Å². The number of rotatable bonds is 14. The van der Waals surface area contributed by atoms with Gasteiger partial charge in [0.15, 0.2) is 6.10 Å². The standard InChI is InChI=1S/C26H39N3O10.2C2H6/c1-8-20-22(25(35)27-9-19(39-17(5)32)12-38-16(4)31)14(2)24(28-21(34)13-37-7)15(3)23(20)26(36)29(6)10-18(33)11-30;2*1-2/h18-19,30,33H,8-13H2,1-7H3,(H,27,35)(H,28,34);2*1-2H3. The Balaban J connectivity index is 0. The second-order valence-corrected chi connectivity index (χ2v) is 8.95. The summed E-state index contributed by atoms with van der Waals surface area (Å²) in [7, 11) is 2.80. The van der Waals surface area contributed by atoms with Crippen LogP contribution >= 0.6 is 0 Å². The van der Waals surface area contributed by atoms with E-state index >= 15 is 0 Å². The van der Waals surface area contributed by atoms with Crippen LogP contribution in [0.25, 0.3) is 0 Å². The summed E-state index contributed by atoms with van der Waals surface area (Å²) in [5.41, 5.74) is 1.73. The fourth-order valence-electron chi connectivity index (χ4n) is 4.08. The number of benzene rings is 1. The van der Waals surface area contributed by atoms with Gasteiger partial charge in [0, 0.05) is 51.4 Å². The third-order valence-corrected chi connectivity index (χ3v) is 5.78. The van der Waals surface area contributed by atoms with Gasteiger partial charge in [-0.2, -0.15) is 0 Å². The van der Waals surface area contributed by atoms with Gasteiger partial charge in [0.05, 0.1) is 19.3 Å². The number of aliphatic hydroxyl groups excluding tert-OH is 2. The van der Waals surface area contributed by atoms with Crippen LogP contribution in [0.3, 0.4) is 0 Å². The zero-order valence-electron chi connectivity index (χ0n) is 27.5. The van der Waals surface area contributed by atoms with Crippen LogP contribution in [-0.2, 0) is 35.0 Å². The molecule has 2 unspecified atom stereocenters. The van der Waals surface area contributed by atoms with Gasteiger partial charge in [-0.1, -0.05) is 34.6 Å². The number of hydrogen-bond donors (Lipinski definition) is 4. The van der Waals surface area contributed by atoms with Crippen LogP contribution in [0, 0.1) is 13.8 Å². The van der Waals surface area contributed by atoms with Crippen molar-refractivity contribution >= 4 is 35.3 Å². The fraction of sp³-hybridized carbons (Fsp3) is 0.633. The molecular formula is C30H51N3O10. The lowest BCUT2D eigenvalue weighted by Gasteiger charge is -2.27. The van der Waals surface area contributed by atoms with Gasteiger partial charge in [-0.3, -0.25) is 24.0 Å². The van der Waals surface area contributed by atoms with Gasteiger partial charge in [-0.25, -0.2) is 0 Å². The molecule has 1 aromatic carbocycles. The van der Waals surface area contributed by atoms with E-state index in [-0.39, 0.29) is 49.5 Å². The molecule has 0 fully saturated rings. The van der Waals surface area contributed by atoms with Gasteiger partial charge in [-0.05, 0) is 37.0 Å². The second kappa shape index (κ2) is 22.1. The van der Waals surface area contributed by atoms with E-state index in [1.54, 1.807) is 20.8 Å². The van der Waals surface area contributed by atoms with Crippen molar-refractivity contribution in [1.82, 2.24) is 10.2 Å². The molecule has 0 heterocycles. The lowest BCUT2D eigenvalue weighted by Crippen LogP contribution is -2.39. The first-order chi connectivity index (χ1) is 20.3. The molecule has 0 aliphatic heterocycles. The average molecular weight is 614 g/mol. The quantitative estimate of drug-likeness (QED) is 0.227. The van der Waals surface area contributed by atoms with Crippen LogP contribution in [0.4, 0.5) is 5.69 Å². The molecule has 13 heteroatoms. The number of hydrogen-bond acceptors (Lipinski definition) is 10. The summed E-state index contributed by atoms with van der Waals surface area (Å²) in [5.74, 6) is -2.86. The van der Waals surface area contributed by atoms with Crippen molar-refractivity contribution in [2.75, 3.05) is 52.4 Å². The van der Waals surface area contributed by atoms with Crippen molar-refractivity contribution in [2.45, 2.75) is 80.9 Å². The molecule has 0 saturated heterocycles. The molecule has 13 nitrogen and oxygen atoms in total. The summed E-state index contributed by atoms with van der Waals surface area (Å²) in [4.78, 5) is 63.4. The first-order valence-electron chi connectivity index (χ1n) is 14.4. The van der Waals surface area contributed by atoms with Gasteiger partial charge in [0.25, 0.3) is 11.8 Å². The zero-order valence-corrected chi connectivity index (χ0v) is 27.5. The van der Waals surface area contributed by atoms with Crippen LogP contribution in [-0.4, -0.2) is 104 Å². The van der Waals surface area contributed by atoms with E-state index in [0.29, 0.717) is 16.7 Å². The van der Waals surface area contributed by atoms with Crippen LogP contribution in [0.5, 0.6) is 0 Å². The highest BCUT2D eigenvalue weighted by Crippen LogP contribution is 2.33. The highest BCUT2D eigenvalue weighted by Gasteiger charge is 2.29. The molecule has 1 rings (SSSR count). The molecule has 1 aromatic rings. The first kappa shape index (κ1) is 41.6. The zero-order chi connectivity index (χ0) is 33.9. The number of nitrogens with zero attached hydrogens (tertiary/aromatic N) is 1. The Kier molecular flexibility index (Phi) is 21.3. The first-order valence-corrected chi connectivity index (χ1v) is 14.4. The normalized spacial score (nSPS) is 11.4. The van der Waals surface area contributed by atoms with E-state index in [1.165, 1.54) is 32.9 Å². The predicted molar refractivity (Wildman–Crippen MR) is 163 cm³/mol. The molecule has 0 radical (unpaired) electrons. The summed E-state index contributed by atoms with van der Waals surface area (Å²) in [6.45, 7) is 13.9. The number of likely N-dealkylation sites (N-methyl/N-ethyl adjacent to an activating group) is 1. The number of nitrogens with one attached hydrogen (secondary N) is 2. The minimum Gasteiger partial charge on any atom is -0.462 e. The summed E-state index contributed by atoms with van der Waals surface area (Å²) in [6.07, 6.45) is -1.87. The van der Waals surface area contributed by atoms with Crippen LogP contribution in [0.2, 0.25) is 0 Å². The average Bonchev–Trinajstić information content (AvgIpc) is 2.97. The molecule has 0 spiro atoms. The van der Waals surface area contributed by atoms with E-state index in [2.05, 4.69) is 10.6 Å². The molecule has 2 atom stereocenters. The van der Waals surface area contributed by atoms with Crippen LogP contribution in [0.1, 0.15) is 85.9 Å². The van der Waals surface area contributed by atoms with Gasteiger partial charge in [0.2, 0.25) is 5.91 Å². The number of anilines is 1. The Morgan fingerprint density at radius 2 is 1.51 bits per heavy atom. The number of methoxy groups -OCH3 is 1. The number of carbonyl (C=O) groups is 5. The maximum atomic E-state index is 13.5. The van der Waals surface area contributed by atoms with E-state index in [1.807, 2.05) is 27.7 Å². The molecule has 0 bridgehead atoms. The van der Waals surface area contributed by atoms with Crippen molar-refractivity contribution < 1.29 is 48.4 Å². The molecule has 4 N–H and O–H groups in total. The summed E-state index contributed by atoms with van der Waals surface area (Å²) in [5, 5.41) is 24.4. The lowest BCUT2D eigenvalue weighted by molar-refractivity contribution is -0.155. The summed E-state index contributed by atoms with van der Waals surface area (Å²) in [6, 6.07) is 0. The number of carbonyl (C=O) groups excluding carboxylic acids is 5. The van der Waals surface area contributed by atoms with Gasteiger partial charge >= 0.3 is 11.9 Å². The van der Waals surface area contributed by atoms with Gasteiger partial charge in [0.1, 0.15) is 13.2 Å². The van der Waals surface area contributed by atoms with Crippen molar-refractivity contribution in [3.63, 3.8) is 0 Å². The van der Waals surface area contributed by atoms with Gasteiger partial charge < -0.3 is 40.0 Å². The van der Waals surface area contributed by atoms with E-state index < -0.39 is 48.5 Å². The largest absolute Gasteiger partial charge is 0.462 e. The minimum atomic E-state index is -1.17. The van der Waals surface area contributed by atoms with Crippen molar-refractivity contribution in [3.05, 3.63) is 27.8 Å². The topological polar surface area (TPSA) is 181 Å². The van der Waals surface area contributed by atoms with E-state index in [9.17, 15) is 34.2 Å². The Labute approximate surface area is 255 Å². The highest BCUT2D eigenvalue weighted by atomic mass is 16.6. The summed E-state index contributed by atoms with van der Waals surface area (Å²) >= 11 is 0. The predicted octanol–water partition coefficient (Wildman–Crippen LogP) is 2.15. The Morgan fingerprint density at radius 1 is 0.953 bits per heavy atom. The molecule has 0 aromatic heterocycles. The SMILES string of the molecule is CC.CC.CCc1c(C(=O)NCC(COC(C)=O)OC(C)=O)c(C)c(NC(=O)COC)c(C)c1C(=O)N(C)CC(O)CO. The maximum Gasteiger partial charge on any atom is 0.303 e. The summed E-state index contributed by atoms with van der Waals surface area (Å²) < 4.78 is 14.9. The lowest BCUT2D eigenvalue weighted by atomic mass is 9.87.